The molecule has 0 spiro atoms. The largest absolute Gasteiger partial charge is 0.315 e. The fourth-order valence-electron chi connectivity index (χ4n) is 2.46. The van der Waals surface area contributed by atoms with Crippen molar-refractivity contribution >= 4 is 12.7 Å². The number of hydrogen-bond donors (Lipinski definition) is 0. The van der Waals surface area contributed by atoms with E-state index in [-0.39, 0.29) is 5.52 Å². The predicted octanol–water partition coefficient (Wildman–Crippen LogP) is 5.23. The summed E-state index contributed by atoms with van der Waals surface area (Å²) in [6.45, 7) is 5.71. The Bertz CT molecular complexity index is 670. The molecule has 0 aromatic heterocycles. The van der Waals surface area contributed by atoms with Gasteiger partial charge in [-0.3, -0.25) is 4.79 Å². The number of rotatable bonds is 5. The SMILES string of the molecule is CC(C)(C)P(=O)(CCc1ccccc1)C(=O)c1ccccc1. The number of aryl methyl sites for hydroxylation is 1. The summed E-state index contributed by atoms with van der Waals surface area (Å²) in [5.41, 5.74) is 1.47. The lowest BCUT2D eigenvalue weighted by Gasteiger charge is -2.30. The number of benzene rings is 2. The minimum Gasteiger partial charge on any atom is -0.315 e. The Morgan fingerprint density at radius 1 is 0.909 bits per heavy atom. The lowest BCUT2D eigenvalue weighted by molar-refractivity contribution is 0.107. The molecule has 0 amide bonds. The van der Waals surface area contributed by atoms with E-state index in [1.165, 1.54) is 0 Å². The van der Waals surface area contributed by atoms with Gasteiger partial charge >= 0.3 is 0 Å². The molecule has 0 N–H and O–H groups in total. The Morgan fingerprint density at radius 2 is 1.41 bits per heavy atom. The summed E-state index contributed by atoms with van der Waals surface area (Å²) in [6, 6.07) is 18.9. The Labute approximate surface area is 132 Å². The smallest absolute Gasteiger partial charge is 0.221 e. The van der Waals surface area contributed by atoms with Gasteiger partial charge in [-0.25, -0.2) is 0 Å². The molecule has 1 atom stereocenters. The first-order valence-electron chi connectivity index (χ1n) is 7.58. The quantitative estimate of drug-likeness (QED) is 0.708. The van der Waals surface area contributed by atoms with Crippen molar-refractivity contribution in [3.63, 3.8) is 0 Å². The molecule has 2 rings (SSSR count). The molecule has 1 unspecified atom stereocenters. The van der Waals surface area contributed by atoms with E-state index in [2.05, 4.69) is 0 Å². The highest BCUT2D eigenvalue weighted by atomic mass is 31.2. The van der Waals surface area contributed by atoms with Crippen LogP contribution < -0.4 is 0 Å². The fraction of sp³-hybridized carbons (Fsp3) is 0.316. The number of carbonyl (C=O) groups excluding carboxylic acids is 1. The third-order valence-corrected chi connectivity index (χ3v) is 7.93. The molecule has 0 bridgehead atoms. The van der Waals surface area contributed by atoms with E-state index in [9.17, 15) is 9.36 Å². The highest BCUT2D eigenvalue weighted by Crippen LogP contribution is 2.60. The van der Waals surface area contributed by atoms with Gasteiger partial charge < -0.3 is 4.57 Å². The van der Waals surface area contributed by atoms with Gasteiger partial charge in [-0.1, -0.05) is 81.4 Å². The summed E-state index contributed by atoms with van der Waals surface area (Å²) in [4.78, 5) is 12.9. The van der Waals surface area contributed by atoms with E-state index < -0.39 is 12.3 Å². The lowest BCUT2D eigenvalue weighted by Crippen LogP contribution is -2.24. The maximum absolute atomic E-state index is 13.6. The minimum atomic E-state index is -3.02. The van der Waals surface area contributed by atoms with Crippen LogP contribution in [0.2, 0.25) is 0 Å². The zero-order valence-electron chi connectivity index (χ0n) is 13.5. The second-order valence-corrected chi connectivity index (χ2v) is 10.2. The Morgan fingerprint density at radius 3 is 1.91 bits per heavy atom. The minimum absolute atomic E-state index is 0.198. The number of hydrogen-bond acceptors (Lipinski definition) is 2. The van der Waals surface area contributed by atoms with Crippen molar-refractivity contribution in [3.05, 3.63) is 71.8 Å². The average Bonchev–Trinajstić information content (AvgIpc) is 2.52. The second-order valence-electron chi connectivity index (χ2n) is 6.54. The van der Waals surface area contributed by atoms with Gasteiger partial charge in [0.05, 0.1) is 0 Å². The second kappa shape index (κ2) is 6.62. The normalized spacial score (nSPS) is 14.3. The molecule has 0 aliphatic rings. The highest BCUT2D eigenvalue weighted by molar-refractivity contribution is 7.82. The van der Waals surface area contributed by atoms with Crippen LogP contribution in [-0.2, 0) is 11.0 Å². The molecule has 0 radical (unpaired) electrons. The molecule has 0 fully saturated rings. The van der Waals surface area contributed by atoms with Crippen molar-refractivity contribution < 1.29 is 9.36 Å². The first-order chi connectivity index (χ1) is 10.3. The number of carbonyl (C=O) groups is 1. The maximum Gasteiger partial charge on any atom is 0.221 e. The van der Waals surface area contributed by atoms with E-state index >= 15 is 0 Å². The average molecular weight is 314 g/mol. The summed E-state index contributed by atoms with van der Waals surface area (Å²) < 4.78 is 13.6. The van der Waals surface area contributed by atoms with E-state index in [0.29, 0.717) is 18.1 Å². The fourth-order valence-corrected chi connectivity index (χ4v) is 5.08. The molecule has 2 aromatic rings. The first kappa shape index (κ1) is 16.7. The molecule has 0 saturated carbocycles. The molecule has 2 aromatic carbocycles. The molecule has 0 aliphatic heterocycles. The van der Waals surface area contributed by atoms with Crippen LogP contribution in [0.25, 0.3) is 0 Å². The third-order valence-electron chi connectivity index (χ3n) is 3.99. The van der Waals surface area contributed by atoms with E-state index in [0.717, 1.165) is 5.56 Å². The molecular weight excluding hydrogens is 291 g/mol. The van der Waals surface area contributed by atoms with Crippen LogP contribution >= 0.6 is 7.14 Å². The van der Waals surface area contributed by atoms with Crippen LogP contribution in [0, 0.1) is 0 Å². The van der Waals surface area contributed by atoms with Gasteiger partial charge in [0.1, 0.15) is 0 Å². The lowest BCUT2D eigenvalue weighted by atomic mass is 10.2. The molecule has 0 heterocycles. The Kier molecular flexibility index (Phi) is 5.03. The molecular formula is C19H23O2P. The predicted molar refractivity (Wildman–Crippen MR) is 93.1 cm³/mol. The van der Waals surface area contributed by atoms with E-state index in [4.69, 9.17) is 0 Å². The van der Waals surface area contributed by atoms with Crippen molar-refractivity contribution in [1.29, 1.82) is 0 Å². The molecule has 0 aliphatic carbocycles. The summed E-state index contributed by atoms with van der Waals surface area (Å²) in [6.07, 6.45) is 1.07. The summed E-state index contributed by atoms with van der Waals surface area (Å²) in [5, 5.41) is -0.533. The van der Waals surface area contributed by atoms with Crippen molar-refractivity contribution in [1.82, 2.24) is 0 Å². The van der Waals surface area contributed by atoms with Crippen LogP contribution in [0.5, 0.6) is 0 Å². The van der Waals surface area contributed by atoms with Crippen molar-refractivity contribution in [2.45, 2.75) is 32.3 Å². The zero-order chi connectivity index (χ0) is 16.2. The Hall–Kier alpha value is -1.66. The van der Waals surface area contributed by atoms with Gasteiger partial charge in [-0.15, -0.1) is 0 Å². The first-order valence-corrected chi connectivity index (χ1v) is 9.47. The highest BCUT2D eigenvalue weighted by Gasteiger charge is 2.42. The molecule has 0 saturated heterocycles. The molecule has 22 heavy (non-hydrogen) atoms. The summed E-state index contributed by atoms with van der Waals surface area (Å²) in [5.74, 6) is 0. The van der Waals surface area contributed by atoms with Gasteiger partial charge in [0.25, 0.3) is 0 Å². The van der Waals surface area contributed by atoms with E-state index in [1.807, 2.05) is 69.3 Å². The van der Waals surface area contributed by atoms with Gasteiger partial charge in [-0.05, 0) is 12.0 Å². The van der Waals surface area contributed by atoms with Crippen molar-refractivity contribution in [3.8, 4) is 0 Å². The van der Waals surface area contributed by atoms with Crippen LogP contribution in [-0.4, -0.2) is 16.8 Å². The van der Waals surface area contributed by atoms with Crippen molar-refractivity contribution in [2.75, 3.05) is 6.16 Å². The van der Waals surface area contributed by atoms with E-state index in [1.54, 1.807) is 12.1 Å². The molecule has 3 heteroatoms. The van der Waals surface area contributed by atoms with Crippen LogP contribution in [0.1, 0.15) is 36.7 Å². The summed E-state index contributed by atoms with van der Waals surface area (Å²) >= 11 is 0. The van der Waals surface area contributed by atoms with Crippen LogP contribution in [0.15, 0.2) is 60.7 Å². The Balaban J connectivity index is 2.29. The molecule has 116 valence electrons. The van der Waals surface area contributed by atoms with Gasteiger partial charge in [0.15, 0.2) is 7.14 Å². The van der Waals surface area contributed by atoms with Crippen LogP contribution in [0.3, 0.4) is 0 Å². The topological polar surface area (TPSA) is 34.1 Å². The zero-order valence-corrected chi connectivity index (χ0v) is 14.3. The van der Waals surface area contributed by atoms with Gasteiger partial charge in [0.2, 0.25) is 5.52 Å². The van der Waals surface area contributed by atoms with Crippen molar-refractivity contribution in [2.24, 2.45) is 0 Å². The molecule has 2 nitrogen and oxygen atoms in total. The third kappa shape index (κ3) is 3.56. The monoisotopic (exact) mass is 314 g/mol. The summed E-state index contributed by atoms with van der Waals surface area (Å²) in [7, 11) is -3.02. The van der Waals surface area contributed by atoms with Gasteiger partial charge in [-0.2, -0.15) is 0 Å². The van der Waals surface area contributed by atoms with Crippen LogP contribution in [0.4, 0.5) is 0 Å². The van der Waals surface area contributed by atoms with Gasteiger partial charge in [0, 0.05) is 16.9 Å². The maximum atomic E-state index is 13.6. The standard InChI is InChI=1S/C19H23O2P/c1-19(2,3)22(21,15-14-16-10-6-4-7-11-16)18(20)17-12-8-5-9-13-17/h4-13H,14-15H2,1-3H3.